The first-order valence-electron chi connectivity index (χ1n) is 5.14. The van der Waals surface area contributed by atoms with Crippen molar-refractivity contribution >= 4 is 11.6 Å². The second kappa shape index (κ2) is 4.47. The number of hydrazine groups is 1. The lowest BCUT2D eigenvalue weighted by molar-refractivity contribution is 0.228. The van der Waals surface area contributed by atoms with Crippen LogP contribution in [0.3, 0.4) is 0 Å². The molecule has 2 nitrogen and oxygen atoms in total. The van der Waals surface area contributed by atoms with Gasteiger partial charge in [0.15, 0.2) is 0 Å². The first kappa shape index (κ1) is 10.9. The van der Waals surface area contributed by atoms with Crippen molar-refractivity contribution < 1.29 is 4.39 Å². The fourth-order valence-corrected chi connectivity index (χ4v) is 2.20. The smallest absolute Gasteiger partial charge is 0.146 e. The van der Waals surface area contributed by atoms with Crippen molar-refractivity contribution in [3.63, 3.8) is 0 Å². The van der Waals surface area contributed by atoms with Crippen LogP contribution in [-0.4, -0.2) is 0 Å². The molecule has 1 saturated carbocycles. The average Bonchev–Trinajstić information content (AvgIpc) is 2.16. The number of hydrogen-bond acceptors (Lipinski definition) is 2. The monoisotopic (exact) mass is 228 g/mol. The summed E-state index contributed by atoms with van der Waals surface area (Å²) in [6, 6.07) is 4.93. The molecule has 15 heavy (non-hydrogen) atoms. The van der Waals surface area contributed by atoms with Gasteiger partial charge in [0.1, 0.15) is 5.82 Å². The molecule has 1 unspecified atom stereocenters. The van der Waals surface area contributed by atoms with Crippen LogP contribution >= 0.6 is 11.6 Å². The van der Waals surface area contributed by atoms with E-state index in [2.05, 4.69) is 5.43 Å². The summed E-state index contributed by atoms with van der Waals surface area (Å²) in [4.78, 5) is 0. The van der Waals surface area contributed by atoms with Crippen LogP contribution in [0.25, 0.3) is 0 Å². The molecule has 1 aliphatic carbocycles. The zero-order valence-corrected chi connectivity index (χ0v) is 9.10. The van der Waals surface area contributed by atoms with Crippen LogP contribution in [0.4, 0.5) is 4.39 Å². The Morgan fingerprint density at radius 3 is 2.73 bits per heavy atom. The van der Waals surface area contributed by atoms with Crippen LogP contribution in [0.5, 0.6) is 0 Å². The van der Waals surface area contributed by atoms with Gasteiger partial charge in [-0.25, -0.2) is 4.39 Å². The summed E-state index contributed by atoms with van der Waals surface area (Å²) in [6.07, 6.45) is 3.40. The molecule has 0 amide bonds. The molecule has 0 bridgehead atoms. The molecule has 0 radical (unpaired) electrons. The predicted molar refractivity (Wildman–Crippen MR) is 58.8 cm³/mol. The Morgan fingerprint density at radius 2 is 2.20 bits per heavy atom. The molecule has 0 aromatic heterocycles. The highest BCUT2D eigenvalue weighted by atomic mass is 35.5. The highest BCUT2D eigenvalue weighted by Gasteiger charge is 2.29. The van der Waals surface area contributed by atoms with Crippen molar-refractivity contribution in [3.05, 3.63) is 34.6 Å². The van der Waals surface area contributed by atoms with Gasteiger partial charge in [-0.3, -0.25) is 11.3 Å². The van der Waals surface area contributed by atoms with Crippen LogP contribution in [0.15, 0.2) is 18.2 Å². The molecule has 1 aromatic carbocycles. The number of rotatable bonds is 3. The van der Waals surface area contributed by atoms with E-state index in [-0.39, 0.29) is 16.9 Å². The Kier molecular flexibility index (Phi) is 3.24. The van der Waals surface area contributed by atoms with Crippen molar-refractivity contribution in [2.45, 2.75) is 25.3 Å². The van der Waals surface area contributed by atoms with E-state index in [4.69, 9.17) is 17.4 Å². The number of nitrogens with two attached hydrogens (primary N) is 1. The maximum absolute atomic E-state index is 13.7. The van der Waals surface area contributed by atoms with Crippen molar-refractivity contribution in [2.75, 3.05) is 0 Å². The first-order chi connectivity index (χ1) is 7.24. The number of hydrogen-bond donors (Lipinski definition) is 2. The van der Waals surface area contributed by atoms with Gasteiger partial charge in [-0.1, -0.05) is 30.2 Å². The van der Waals surface area contributed by atoms with Crippen LogP contribution in [0.1, 0.15) is 30.9 Å². The third-order valence-electron chi connectivity index (χ3n) is 3.12. The molecule has 0 saturated heterocycles. The molecule has 82 valence electrons. The Balaban J connectivity index is 2.29. The molecule has 2 rings (SSSR count). The van der Waals surface area contributed by atoms with E-state index in [1.807, 2.05) is 0 Å². The van der Waals surface area contributed by atoms with Crippen LogP contribution in [-0.2, 0) is 0 Å². The Hall–Kier alpha value is -0.640. The fraction of sp³-hybridized carbons (Fsp3) is 0.455. The third-order valence-corrected chi connectivity index (χ3v) is 3.41. The predicted octanol–water partition coefficient (Wildman–Crippen LogP) is 2.78. The SMILES string of the molecule is NNC(c1cccc(Cl)c1F)C1CCC1. The number of halogens is 2. The van der Waals surface area contributed by atoms with Gasteiger partial charge in [-0.2, -0.15) is 0 Å². The van der Waals surface area contributed by atoms with Gasteiger partial charge in [0.25, 0.3) is 0 Å². The van der Waals surface area contributed by atoms with E-state index in [0.717, 1.165) is 12.8 Å². The molecule has 3 N–H and O–H groups in total. The van der Waals surface area contributed by atoms with E-state index in [1.54, 1.807) is 18.2 Å². The van der Waals surface area contributed by atoms with Crippen LogP contribution in [0, 0.1) is 11.7 Å². The topological polar surface area (TPSA) is 38.0 Å². The minimum atomic E-state index is -0.353. The second-order valence-electron chi connectivity index (χ2n) is 3.98. The molecule has 4 heteroatoms. The van der Waals surface area contributed by atoms with Crippen LogP contribution < -0.4 is 11.3 Å². The van der Waals surface area contributed by atoms with E-state index in [9.17, 15) is 4.39 Å². The van der Waals surface area contributed by atoms with E-state index in [1.165, 1.54) is 6.42 Å². The lowest BCUT2D eigenvalue weighted by atomic mass is 9.77. The van der Waals surface area contributed by atoms with Gasteiger partial charge in [0, 0.05) is 5.56 Å². The van der Waals surface area contributed by atoms with Gasteiger partial charge in [-0.05, 0) is 24.8 Å². The highest BCUT2D eigenvalue weighted by Crippen LogP contribution is 2.38. The molecule has 0 spiro atoms. The third kappa shape index (κ3) is 2.00. The Morgan fingerprint density at radius 1 is 1.47 bits per heavy atom. The molecule has 1 atom stereocenters. The summed E-state index contributed by atoms with van der Waals surface area (Å²) < 4.78 is 13.7. The minimum absolute atomic E-state index is 0.113. The van der Waals surface area contributed by atoms with Gasteiger partial charge in [0.05, 0.1) is 11.1 Å². The normalized spacial score (nSPS) is 18.6. The van der Waals surface area contributed by atoms with E-state index >= 15 is 0 Å². The lowest BCUT2D eigenvalue weighted by Gasteiger charge is -2.33. The summed E-state index contributed by atoms with van der Waals surface area (Å²) in [7, 11) is 0. The largest absolute Gasteiger partial charge is 0.271 e. The van der Waals surface area contributed by atoms with Gasteiger partial charge < -0.3 is 0 Å². The van der Waals surface area contributed by atoms with Crippen LogP contribution in [0.2, 0.25) is 5.02 Å². The van der Waals surface area contributed by atoms with Gasteiger partial charge in [0.2, 0.25) is 0 Å². The van der Waals surface area contributed by atoms with Crippen molar-refractivity contribution in [2.24, 2.45) is 11.8 Å². The van der Waals surface area contributed by atoms with Crippen molar-refractivity contribution in [1.82, 2.24) is 5.43 Å². The standard InChI is InChI=1S/C11H14ClFN2/c12-9-6-2-5-8(10(9)13)11(15-14)7-3-1-4-7/h2,5-7,11,15H,1,3-4,14H2. The summed E-state index contributed by atoms with van der Waals surface area (Å²) in [5.41, 5.74) is 3.27. The molecule has 1 aliphatic rings. The zero-order valence-electron chi connectivity index (χ0n) is 8.34. The number of nitrogens with one attached hydrogen (secondary N) is 1. The zero-order chi connectivity index (χ0) is 10.8. The molecule has 0 aliphatic heterocycles. The molecule has 0 heterocycles. The van der Waals surface area contributed by atoms with Crippen molar-refractivity contribution in [1.29, 1.82) is 0 Å². The minimum Gasteiger partial charge on any atom is -0.271 e. The van der Waals surface area contributed by atoms with Gasteiger partial charge >= 0.3 is 0 Å². The van der Waals surface area contributed by atoms with Crippen molar-refractivity contribution in [3.8, 4) is 0 Å². The summed E-state index contributed by atoms with van der Waals surface area (Å²) in [5, 5.41) is 0.159. The maximum Gasteiger partial charge on any atom is 0.146 e. The lowest BCUT2D eigenvalue weighted by Crippen LogP contribution is -2.37. The van der Waals surface area contributed by atoms with E-state index < -0.39 is 0 Å². The Bertz CT molecular complexity index is 352. The first-order valence-corrected chi connectivity index (χ1v) is 5.52. The summed E-state index contributed by atoms with van der Waals surface area (Å²) in [5.74, 6) is 5.55. The van der Waals surface area contributed by atoms with Gasteiger partial charge in [-0.15, -0.1) is 0 Å². The maximum atomic E-state index is 13.7. The summed E-state index contributed by atoms with van der Waals surface area (Å²) in [6.45, 7) is 0. The molecular formula is C11H14ClFN2. The Labute approximate surface area is 93.6 Å². The average molecular weight is 229 g/mol. The molecule has 1 aromatic rings. The quantitative estimate of drug-likeness (QED) is 0.617. The summed E-state index contributed by atoms with van der Waals surface area (Å²) >= 11 is 5.74. The highest BCUT2D eigenvalue weighted by molar-refractivity contribution is 6.30. The second-order valence-corrected chi connectivity index (χ2v) is 4.39. The fourth-order valence-electron chi connectivity index (χ4n) is 2.01. The number of benzene rings is 1. The molecular weight excluding hydrogens is 215 g/mol. The van der Waals surface area contributed by atoms with E-state index in [0.29, 0.717) is 11.5 Å². The molecule has 1 fully saturated rings.